The van der Waals surface area contributed by atoms with Crippen LogP contribution in [0.4, 0.5) is 13.2 Å². The van der Waals surface area contributed by atoms with Gasteiger partial charge in [0.25, 0.3) is 0 Å². The lowest BCUT2D eigenvalue weighted by molar-refractivity contribution is -0.00337. The number of hydrogen-bond acceptors (Lipinski definition) is 4. The number of piperidine rings is 1. The summed E-state index contributed by atoms with van der Waals surface area (Å²) in [6, 6.07) is 7.42. The van der Waals surface area contributed by atoms with Crippen molar-refractivity contribution in [2.75, 3.05) is 20.2 Å². The van der Waals surface area contributed by atoms with E-state index >= 15 is 0 Å². The molecule has 36 heavy (non-hydrogen) atoms. The Hall–Kier alpha value is -2.79. The van der Waals surface area contributed by atoms with Crippen LogP contribution < -0.4 is 10.1 Å². The smallest absolute Gasteiger partial charge is 0.194 e. The summed E-state index contributed by atoms with van der Waals surface area (Å²) < 4.78 is 45.5. The molecule has 0 bridgehead atoms. The molecule has 1 fully saturated rings. The fraction of sp³-hybridized carbons (Fsp3) is 0.393. The Kier molecular flexibility index (Phi) is 8.40. The molecule has 0 radical (unpaired) electrons. The molecule has 190 valence electrons. The summed E-state index contributed by atoms with van der Waals surface area (Å²) in [5.41, 5.74) is 1.54. The van der Waals surface area contributed by atoms with Crippen molar-refractivity contribution in [2.24, 2.45) is 5.41 Å². The van der Waals surface area contributed by atoms with E-state index in [2.05, 4.69) is 22.1 Å². The number of fused-ring (bicyclic) bond motifs is 1. The molecular weight excluding hydrogens is 489 g/mol. The molecule has 1 aromatic heterocycles. The lowest BCUT2D eigenvalue weighted by atomic mass is 9.69. The Morgan fingerprint density at radius 2 is 1.89 bits per heavy atom. The number of nitrogens with zero attached hydrogens (tertiary/aromatic N) is 1. The molecule has 0 saturated carbocycles. The molecule has 2 heterocycles. The van der Waals surface area contributed by atoms with E-state index in [-0.39, 0.29) is 17.4 Å². The number of ether oxygens (including phenoxy) is 1. The zero-order valence-corrected chi connectivity index (χ0v) is 20.8. The largest absolute Gasteiger partial charge is 0.497 e. The molecule has 2 aromatic carbocycles. The first-order chi connectivity index (χ1) is 17.3. The van der Waals surface area contributed by atoms with Gasteiger partial charge in [-0.3, -0.25) is 4.98 Å². The number of aliphatic hydroxyl groups is 1. The van der Waals surface area contributed by atoms with Gasteiger partial charge >= 0.3 is 0 Å². The van der Waals surface area contributed by atoms with Crippen LogP contribution in [0.2, 0.25) is 5.02 Å². The van der Waals surface area contributed by atoms with E-state index in [4.69, 9.17) is 16.3 Å². The monoisotopic (exact) mass is 516 g/mol. The predicted molar refractivity (Wildman–Crippen MR) is 135 cm³/mol. The van der Waals surface area contributed by atoms with Gasteiger partial charge in [0.2, 0.25) is 0 Å². The zero-order chi connectivity index (χ0) is 25.7. The van der Waals surface area contributed by atoms with Crippen LogP contribution in [0.3, 0.4) is 0 Å². The van der Waals surface area contributed by atoms with Crippen LogP contribution in [-0.2, 0) is 6.42 Å². The van der Waals surface area contributed by atoms with Crippen molar-refractivity contribution >= 4 is 22.5 Å². The molecule has 4 rings (SSSR count). The minimum atomic E-state index is -1.52. The Morgan fingerprint density at radius 1 is 1.17 bits per heavy atom. The van der Waals surface area contributed by atoms with Gasteiger partial charge in [0.1, 0.15) is 5.75 Å². The fourth-order valence-electron chi connectivity index (χ4n) is 4.97. The van der Waals surface area contributed by atoms with Crippen LogP contribution in [0.5, 0.6) is 5.75 Å². The fourth-order valence-corrected chi connectivity index (χ4v) is 5.21. The lowest BCUT2D eigenvalue weighted by Crippen LogP contribution is -2.44. The Labute approximate surface area is 213 Å². The van der Waals surface area contributed by atoms with Crippen molar-refractivity contribution in [1.29, 1.82) is 0 Å². The maximum absolute atomic E-state index is 13.5. The predicted octanol–water partition coefficient (Wildman–Crippen LogP) is 5.81. The molecule has 1 unspecified atom stereocenters. The first-order valence-corrected chi connectivity index (χ1v) is 12.3. The summed E-state index contributed by atoms with van der Waals surface area (Å²) in [4.78, 5) is 4.41. The maximum Gasteiger partial charge on any atom is 0.194 e. The number of aliphatic hydroxyl groups excluding tert-OH is 1. The molecule has 0 spiro atoms. The molecule has 4 nitrogen and oxygen atoms in total. The van der Waals surface area contributed by atoms with Crippen LogP contribution in [-0.4, -0.2) is 36.4 Å². The normalized spacial score (nSPS) is 15.8. The second-order valence-corrected chi connectivity index (χ2v) is 9.62. The Balaban J connectivity index is 1.48. The van der Waals surface area contributed by atoms with E-state index in [1.54, 1.807) is 13.3 Å². The van der Waals surface area contributed by atoms with Crippen molar-refractivity contribution in [1.82, 2.24) is 10.3 Å². The van der Waals surface area contributed by atoms with E-state index < -0.39 is 23.6 Å². The van der Waals surface area contributed by atoms with Gasteiger partial charge in [-0.1, -0.05) is 23.4 Å². The second-order valence-electron chi connectivity index (χ2n) is 9.21. The first kappa shape index (κ1) is 26.3. The average Bonchev–Trinajstić information content (AvgIpc) is 2.88. The number of aromatic nitrogens is 1. The molecule has 8 heteroatoms. The number of nitrogens with one attached hydrogen (secondary N) is 1. The zero-order valence-electron chi connectivity index (χ0n) is 20.0. The molecule has 1 aliphatic heterocycles. The first-order valence-electron chi connectivity index (χ1n) is 12.0. The van der Waals surface area contributed by atoms with Gasteiger partial charge in [-0.05, 0) is 86.5 Å². The van der Waals surface area contributed by atoms with Gasteiger partial charge in [-0.2, -0.15) is 0 Å². The lowest BCUT2D eigenvalue weighted by Gasteiger charge is -2.41. The number of rotatable bonds is 7. The molecule has 3 aromatic rings. The quantitative estimate of drug-likeness (QED) is 0.307. The summed E-state index contributed by atoms with van der Waals surface area (Å²) in [6.07, 6.45) is 4.95. The standard InChI is InChI=1S/C28H28ClF3N2O2/c1-36-19-7-8-25-21(16-19)20(22(29)17-34-25)5-3-9-28(10-12-33-13-11-28)26(35)6-2-4-18-14-23(30)27(32)24(31)15-18/h7-8,14-17,26,33,35H,3,5-6,9-13H2,1H3. The third kappa shape index (κ3) is 5.78. The summed E-state index contributed by atoms with van der Waals surface area (Å²) in [7, 11) is 1.62. The molecule has 1 atom stereocenters. The second kappa shape index (κ2) is 11.5. The number of methoxy groups -OCH3 is 1. The van der Waals surface area contributed by atoms with E-state index in [0.717, 1.165) is 73.1 Å². The topological polar surface area (TPSA) is 54.4 Å². The van der Waals surface area contributed by atoms with E-state index in [1.165, 1.54) is 0 Å². The van der Waals surface area contributed by atoms with Crippen LogP contribution in [0.15, 0.2) is 36.5 Å². The van der Waals surface area contributed by atoms with Crippen molar-refractivity contribution in [3.05, 3.63) is 70.1 Å². The van der Waals surface area contributed by atoms with Crippen molar-refractivity contribution in [3.63, 3.8) is 0 Å². The van der Waals surface area contributed by atoms with Crippen LogP contribution >= 0.6 is 11.6 Å². The summed E-state index contributed by atoms with van der Waals surface area (Å²) in [5, 5.41) is 16.0. The Morgan fingerprint density at radius 3 is 2.58 bits per heavy atom. The number of benzene rings is 2. The molecular formula is C28H28ClF3N2O2. The molecule has 0 amide bonds. The van der Waals surface area contributed by atoms with Gasteiger partial charge in [-0.15, -0.1) is 0 Å². The third-order valence-corrected chi connectivity index (χ3v) is 7.38. The van der Waals surface area contributed by atoms with Gasteiger partial charge in [0, 0.05) is 23.6 Å². The van der Waals surface area contributed by atoms with Crippen molar-refractivity contribution < 1.29 is 23.0 Å². The summed E-state index contributed by atoms with van der Waals surface area (Å²) in [6.45, 7) is 1.57. The van der Waals surface area contributed by atoms with E-state index in [1.807, 2.05) is 18.2 Å². The minimum Gasteiger partial charge on any atom is -0.497 e. The highest BCUT2D eigenvalue weighted by Crippen LogP contribution is 2.40. The van der Waals surface area contributed by atoms with E-state index in [9.17, 15) is 18.3 Å². The van der Waals surface area contributed by atoms with Crippen LogP contribution in [0, 0.1) is 34.7 Å². The Bertz CT molecular complexity index is 1280. The number of pyridine rings is 1. The molecule has 1 aliphatic rings. The van der Waals surface area contributed by atoms with Crippen molar-refractivity contribution in [3.8, 4) is 17.6 Å². The average molecular weight is 517 g/mol. The maximum atomic E-state index is 13.5. The van der Waals surface area contributed by atoms with Gasteiger partial charge in [-0.25, -0.2) is 13.2 Å². The third-order valence-electron chi connectivity index (χ3n) is 7.05. The van der Waals surface area contributed by atoms with E-state index in [0.29, 0.717) is 11.4 Å². The summed E-state index contributed by atoms with van der Waals surface area (Å²) >= 11 is 6.52. The molecule has 2 N–H and O–H groups in total. The number of hydrogen-bond donors (Lipinski definition) is 2. The van der Waals surface area contributed by atoms with Crippen LogP contribution in [0.25, 0.3) is 10.9 Å². The van der Waals surface area contributed by atoms with Gasteiger partial charge < -0.3 is 15.2 Å². The molecule has 0 aliphatic carbocycles. The minimum absolute atomic E-state index is 0.0348. The van der Waals surface area contributed by atoms with Crippen LogP contribution in [0.1, 0.15) is 43.2 Å². The highest BCUT2D eigenvalue weighted by atomic mass is 35.5. The summed E-state index contributed by atoms with van der Waals surface area (Å²) in [5.74, 6) is 2.13. The molecule has 1 saturated heterocycles. The van der Waals surface area contributed by atoms with Gasteiger partial charge in [0.15, 0.2) is 17.5 Å². The highest BCUT2D eigenvalue weighted by molar-refractivity contribution is 6.32. The highest BCUT2D eigenvalue weighted by Gasteiger charge is 2.38. The SMILES string of the molecule is COc1ccc2ncc(Cl)c(CCCC3(C(O)CC#Cc4cc(F)c(F)c(F)c4)CCNCC3)c2c1. The van der Waals surface area contributed by atoms with Crippen molar-refractivity contribution in [2.45, 2.75) is 44.6 Å². The van der Waals surface area contributed by atoms with Gasteiger partial charge in [0.05, 0.1) is 23.8 Å². The number of halogens is 4. The number of aryl methyl sites for hydroxylation is 1.